The van der Waals surface area contributed by atoms with Crippen molar-refractivity contribution in [1.82, 2.24) is 4.98 Å². The van der Waals surface area contributed by atoms with E-state index in [2.05, 4.69) is 4.98 Å². The molecule has 0 bridgehead atoms. The SMILES string of the molecule is COc1ccc2scnc2c1Cl. The zero-order valence-corrected chi connectivity index (χ0v) is 7.95. The molecule has 2 nitrogen and oxygen atoms in total. The molecule has 0 N–H and O–H groups in total. The molecule has 12 heavy (non-hydrogen) atoms. The lowest BCUT2D eigenvalue weighted by atomic mass is 10.3. The number of fused-ring (bicyclic) bond motifs is 1. The van der Waals surface area contributed by atoms with Gasteiger partial charge in [0.1, 0.15) is 16.3 Å². The van der Waals surface area contributed by atoms with Gasteiger partial charge in [0.2, 0.25) is 0 Å². The van der Waals surface area contributed by atoms with Gasteiger partial charge >= 0.3 is 0 Å². The third-order valence-electron chi connectivity index (χ3n) is 1.63. The van der Waals surface area contributed by atoms with Gasteiger partial charge in [0, 0.05) is 0 Å². The lowest BCUT2D eigenvalue weighted by Gasteiger charge is -2.01. The molecule has 1 heterocycles. The van der Waals surface area contributed by atoms with Crippen molar-refractivity contribution in [3.8, 4) is 5.75 Å². The summed E-state index contributed by atoms with van der Waals surface area (Å²) in [4.78, 5) is 4.13. The lowest BCUT2D eigenvalue weighted by molar-refractivity contribution is 0.415. The Morgan fingerprint density at radius 2 is 2.33 bits per heavy atom. The molecule has 0 saturated carbocycles. The molecule has 0 saturated heterocycles. The van der Waals surface area contributed by atoms with Crippen molar-refractivity contribution in [2.24, 2.45) is 0 Å². The van der Waals surface area contributed by atoms with Gasteiger partial charge in [0.25, 0.3) is 0 Å². The van der Waals surface area contributed by atoms with Crippen molar-refractivity contribution in [2.45, 2.75) is 0 Å². The number of nitrogens with zero attached hydrogens (tertiary/aromatic N) is 1. The molecule has 0 amide bonds. The molecule has 1 aromatic heterocycles. The zero-order valence-electron chi connectivity index (χ0n) is 6.37. The van der Waals surface area contributed by atoms with Crippen molar-refractivity contribution in [1.29, 1.82) is 0 Å². The van der Waals surface area contributed by atoms with Crippen LogP contribution in [0.4, 0.5) is 0 Å². The highest BCUT2D eigenvalue weighted by molar-refractivity contribution is 7.16. The first kappa shape index (κ1) is 7.83. The van der Waals surface area contributed by atoms with Gasteiger partial charge in [-0.2, -0.15) is 0 Å². The largest absolute Gasteiger partial charge is 0.495 e. The molecule has 0 aliphatic rings. The highest BCUT2D eigenvalue weighted by atomic mass is 35.5. The number of methoxy groups -OCH3 is 1. The number of halogens is 1. The average molecular weight is 200 g/mol. The third kappa shape index (κ3) is 1.06. The quantitative estimate of drug-likeness (QED) is 0.705. The summed E-state index contributed by atoms with van der Waals surface area (Å²) in [5, 5.41) is 0.594. The Bertz CT molecular complexity index is 412. The summed E-state index contributed by atoms with van der Waals surface area (Å²) >= 11 is 7.57. The highest BCUT2D eigenvalue weighted by Crippen LogP contribution is 2.33. The fraction of sp³-hybridized carbons (Fsp3) is 0.125. The van der Waals surface area contributed by atoms with Crippen LogP contribution in [0.2, 0.25) is 5.02 Å². The summed E-state index contributed by atoms with van der Waals surface area (Å²) in [7, 11) is 1.60. The van der Waals surface area contributed by atoms with Crippen molar-refractivity contribution in [2.75, 3.05) is 7.11 Å². The second kappa shape index (κ2) is 2.92. The first-order valence-electron chi connectivity index (χ1n) is 3.38. The first-order chi connectivity index (χ1) is 5.83. The van der Waals surface area contributed by atoms with Crippen LogP contribution in [0.25, 0.3) is 10.2 Å². The molecule has 0 aliphatic heterocycles. The highest BCUT2D eigenvalue weighted by Gasteiger charge is 2.06. The van der Waals surface area contributed by atoms with Gasteiger partial charge in [0.05, 0.1) is 17.3 Å². The van der Waals surface area contributed by atoms with Crippen LogP contribution in [0.15, 0.2) is 17.6 Å². The van der Waals surface area contributed by atoms with E-state index in [-0.39, 0.29) is 0 Å². The predicted molar refractivity (Wildman–Crippen MR) is 51.2 cm³/mol. The van der Waals surface area contributed by atoms with E-state index < -0.39 is 0 Å². The molecule has 0 fully saturated rings. The topological polar surface area (TPSA) is 22.1 Å². The molecule has 0 spiro atoms. The molecule has 0 radical (unpaired) electrons. The molecule has 0 unspecified atom stereocenters. The molecule has 2 rings (SSSR count). The van der Waals surface area contributed by atoms with Gasteiger partial charge < -0.3 is 4.74 Å². The molecular weight excluding hydrogens is 194 g/mol. The van der Waals surface area contributed by atoms with Crippen LogP contribution in [0.3, 0.4) is 0 Å². The molecule has 0 atom stereocenters. The van der Waals surface area contributed by atoms with E-state index >= 15 is 0 Å². The van der Waals surface area contributed by atoms with Crippen LogP contribution in [-0.4, -0.2) is 12.1 Å². The molecule has 62 valence electrons. The molecule has 0 aliphatic carbocycles. The van der Waals surface area contributed by atoms with Gasteiger partial charge in [-0.05, 0) is 12.1 Å². The summed E-state index contributed by atoms with van der Waals surface area (Å²) < 4.78 is 6.14. The Balaban J connectivity index is 2.78. The number of aromatic nitrogens is 1. The van der Waals surface area contributed by atoms with Crippen LogP contribution in [-0.2, 0) is 0 Å². The van der Waals surface area contributed by atoms with Gasteiger partial charge in [-0.15, -0.1) is 11.3 Å². The third-order valence-corrected chi connectivity index (χ3v) is 2.78. The second-order valence-corrected chi connectivity index (χ2v) is 3.55. The van der Waals surface area contributed by atoms with Crippen molar-refractivity contribution < 1.29 is 4.74 Å². The zero-order chi connectivity index (χ0) is 8.55. The minimum Gasteiger partial charge on any atom is -0.495 e. The van der Waals surface area contributed by atoms with E-state index in [1.165, 1.54) is 0 Å². The van der Waals surface area contributed by atoms with Gasteiger partial charge in [-0.3, -0.25) is 0 Å². The normalized spacial score (nSPS) is 10.5. The van der Waals surface area contributed by atoms with E-state index in [9.17, 15) is 0 Å². The van der Waals surface area contributed by atoms with E-state index in [0.29, 0.717) is 10.8 Å². The number of hydrogen-bond donors (Lipinski definition) is 0. The Labute approximate surface area is 78.8 Å². The number of hydrogen-bond acceptors (Lipinski definition) is 3. The number of ether oxygens (including phenoxy) is 1. The van der Waals surface area contributed by atoms with Crippen molar-refractivity contribution in [3.05, 3.63) is 22.7 Å². The number of benzene rings is 1. The fourth-order valence-electron chi connectivity index (χ4n) is 1.04. The maximum atomic E-state index is 6.00. The minimum atomic E-state index is 0.594. The van der Waals surface area contributed by atoms with Crippen LogP contribution in [0.5, 0.6) is 5.75 Å². The fourth-order valence-corrected chi connectivity index (χ4v) is 2.07. The Hall–Kier alpha value is -0.800. The van der Waals surface area contributed by atoms with Gasteiger partial charge in [-0.1, -0.05) is 11.6 Å². The minimum absolute atomic E-state index is 0.594. The first-order valence-corrected chi connectivity index (χ1v) is 4.64. The Morgan fingerprint density at radius 3 is 3.08 bits per heavy atom. The predicted octanol–water partition coefficient (Wildman–Crippen LogP) is 2.96. The molecule has 2 aromatic rings. The Morgan fingerprint density at radius 1 is 1.50 bits per heavy atom. The second-order valence-electron chi connectivity index (χ2n) is 2.28. The van der Waals surface area contributed by atoms with Crippen LogP contribution >= 0.6 is 22.9 Å². The number of rotatable bonds is 1. The van der Waals surface area contributed by atoms with E-state index in [4.69, 9.17) is 16.3 Å². The standard InChI is InChI=1S/C8H6ClNOS/c1-11-5-2-3-6-8(7(5)9)10-4-12-6/h2-4H,1H3. The van der Waals surface area contributed by atoms with Crippen molar-refractivity contribution in [3.63, 3.8) is 0 Å². The summed E-state index contributed by atoms with van der Waals surface area (Å²) in [6.45, 7) is 0. The number of thiazole rings is 1. The van der Waals surface area contributed by atoms with Crippen LogP contribution < -0.4 is 4.74 Å². The maximum Gasteiger partial charge on any atom is 0.139 e. The summed E-state index contributed by atoms with van der Waals surface area (Å²) in [5.41, 5.74) is 2.59. The summed E-state index contributed by atoms with van der Waals surface area (Å²) in [6, 6.07) is 3.81. The summed E-state index contributed by atoms with van der Waals surface area (Å²) in [5.74, 6) is 0.676. The maximum absolute atomic E-state index is 6.00. The van der Waals surface area contributed by atoms with Gasteiger partial charge in [0.15, 0.2) is 0 Å². The van der Waals surface area contributed by atoms with Crippen LogP contribution in [0, 0.1) is 0 Å². The van der Waals surface area contributed by atoms with E-state index in [1.54, 1.807) is 24.0 Å². The smallest absolute Gasteiger partial charge is 0.139 e. The lowest BCUT2D eigenvalue weighted by Crippen LogP contribution is -1.83. The monoisotopic (exact) mass is 199 g/mol. The molecular formula is C8H6ClNOS. The molecule has 1 aromatic carbocycles. The van der Waals surface area contributed by atoms with E-state index in [1.807, 2.05) is 12.1 Å². The van der Waals surface area contributed by atoms with Gasteiger partial charge in [-0.25, -0.2) is 4.98 Å². The summed E-state index contributed by atoms with van der Waals surface area (Å²) in [6.07, 6.45) is 0. The average Bonchev–Trinajstić information content (AvgIpc) is 2.53. The van der Waals surface area contributed by atoms with Crippen LogP contribution in [0.1, 0.15) is 0 Å². The molecule has 4 heteroatoms. The Kier molecular flexibility index (Phi) is 1.90. The van der Waals surface area contributed by atoms with E-state index in [0.717, 1.165) is 10.2 Å². The van der Waals surface area contributed by atoms with Crippen molar-refractivity contribution >= 4 is 33.2 Å².